The molecule has 1 saturated heterocycles. The molecule has 1 N–H and O–H groups in total. The van der Waals surface area contributed by atoms with Crippen LogP contribution in [0.15, 0.2) is 12.1 Å². The average Bonchev–Trinajstić information content (AvgIpc) is 2.54. The normalized spacial score (nSPS) is 18.1. The Morgan fingerprint density at radius 2 is 1.76 bits per heavy atom. The SMILES string of the molecule is COc1cc(OCCC2CCCCN2)cc(OC)c1OC. The van der Waals surface area contributed by atoms with Crippen molar-refractivity contribution in [2.45, 2.75) is 31.7 Å². The van der Waals surface area contributed by atoms with Crippen molar-refractivity contribution in [3.05, 3.63) is 12.1 Å². The zero-order valence-electron chi connectivity index (χ0n) is 13.1. The molecule has 0 amide bonds. The average molecular weight is 295 g/mol. The third-order valence-electron chi connectivity index (χ3n) is 3.79. The lowest BCUT2D eigenvalue weighted by atomic mass is 10.0. The molecule has 0 bridgehead atoms. The molecule has 0 aliphatic carbocycles. The molecule has 1 aromatic carbocycles. The summed E-state index contributed by atoms with van der Waals surface area (Å²) in [7, 11) is 4.80. The summed E-state index contributed by atoms with van der Waals surface area (Å²) in [6.07, 6.45) is 4.83. The Hall–Kier alpha value is -1.62. The van der Waals surface area contributed by atoms with Crippen LogP contribution in [0.25, 0.3) is 0 Å². The molecule has 5 nitrogen and oxygen atoms in total. The highest BCUT2D eigenvalue weighted by Gasteiger charge is 2.15. The fourth-order valence-corrected chi connectivity index (χ4v) is 2.63. The van der Waals surface area contributed by atoms with E-state index in [-0.39, 0.29) is 0 Å². The molecule has 0 aromatic heterocycles. The highest BCUT2D eigenvalue weighted by atomic mass is 16.5. The number of ether oxygens (including phenoxy) is 4. The van der Waals surface area contributed by atoms with Gasteiger partial charge in [0.1, 0.15) is 5.75 Å². The summed E-state index contributed by atoms with van der Waals surface area (Å²) in [5.74, 6) is 2.55. The van der Waals surface area contributed by atoms with Gasteiger partial charge in [-0.3, -0.25) is 0 Å². The van der Waals surface area contributed by atoms with Crippen molar-refractivity contribution < 1.29 is 18.9 Å². The van der Waals surface area contributed by atoms with Crippen LogP contribution in [0.2, 0.25) is 0 Å². The maximum absolute atomic E-state index is 5.84. The number of benzene rings is 1. The molecule has 21 heavy (non-hydrogen) atoms. The van der Waals surface area contributed by atoms with E-state index in [2.05, 4.69) is 5.32 Å². The van der Waals surface area contributed by atoms with Crippen LogP contribution in [0.5, 0.6) is 23.0 Å². The van der Waals surface area contributed by atoms with Gasteiger partial charge >= 0.3 is 0 Å². The highest BCUT2D eigenvalue weighted by molar-refractivity contribution is 5.55. The molecule has 1 unspecified atom stereocenters. The van der Waals surface area contributed by atoms with Crippen LogP contribution in [-0.4, -0.2) is 40.5 Å². The fourth-order valence-electron chi connectivity index (χ4n) is 2.63. The summed E-state index contributed by atoms with van der Waals surface area (Å²) in [5, 5.41) is 3.52. The van der Waals surface area contributed by atoms with Gasteiger partial charge in [0.15, 0.2) is 11.5 Å². The number of nitrogens with one attached hydrogen (secondary N) is 1. The molecule has 1 atom stereocenters. The summed E-state index contributed by atoms with van der Waals surface area (Å²) in [6, 6.07) is 4.23. The first kappa shape index (κ1) is 15.8. The molecule has 1 aliphatic rings. The van der Waals surface area contributed by atoms with Crippen molar-refractivity contribution in [3.8, 4) is 23.0 Å². The van der Waals surface area contributed by atoms with Crippen molar-refractivity contribution in [2.75, 3.05) is 34.5 Å². The first-order valence-electron chi connectivity index (χ1n) is 7.44. The van der Waals surface area contributed by atoms with Crippen molar-refractivity contribution in [1.82, 2.24) is 5.32 Å². The molecule has 118 valence electrons. The van der Waals surface area contributed by atoms with Gasteiger partial charge in [0, 0.05) is 18.2 Å². The Morgan fingerprint density at radius 3 is 2.29 bits per heavy atom. The zero-order chi connectivity index (χ0) is 15.1. The summed E-state index contributed by atoms with van der Waals surface area (Å²) in [6.45, 7) is 1.80. The van der Waals surface area contributed by atoms with E-state index < -0.39 is 0 Å². The number of piperidine rings is 1. The summed E-state index contributed by atoms with van der Waals surface area (Å²) >= 11 is 0. The molecule has 1 aromatic rings. The molecular weight excluding hydrogens is 270 g/mol. The van der Waals surface area contributed by atoms with Crippen molar-refractivity contribution in [3.63, 3.8) is 0 Å². The van der Waals surface area contributed by atoms with Crippen LogP contribution >= 0.6 is 0 Å². The first-order chi connectivity index (χ1) is 10.3. The van der Waals surface area contributed by atoms with Gasteiger partial charge in [-0.05, 0) is 25.8 Å². The standard InChI is InChI=1S/C16H25NO4/c1-18-14-10-13(11-15(19-2)16(14)20-3)21-9-7-12-6-4-5-8-17-12/h10-12,17H,4-9H2,1-3H3. The van der Waals surface area contributed by atoms with Crippen molar-refractivity contribution in [1.29, 1.82) is 0 Å². The van der Waals surface area contributed by atoms with E-state index in [1.807, 2.05) is 12.1 Å². The minimum Gasteiger partial charge on any atom is -0.493 e. The zero-order valence-corrected chi connectivity index (χ0v) is 13.1. The second kappa shape index (κ2) is 7.98. The lowest BCUT2D eigenvalue weighted by molar-refractivity contribution is 0.263. The van der Waals surface area contributed by atoms with Crippen LogP contribution in [0.3, 0.4) is 0 Å². The van der Waals surface area contributed by atoms with E-state index in [9.17, 15) is 0 Å². The molecule has 2 rings (SSSR count). The van der Waals surface area contributed by atoms with Crippen LogP contribution in [-0.2, 0) is 0 Å². The van der Waals surface area contributed by atoms with E-state index in [0.29, 0.717) is 29.9 Å². The quantitative estimate of drug-likeness (QED) is 0.838. The van der Waals surface area contributed by atoms with E-state index in [1.54, 1.807) is 21.3 Å². The number of hydrogen-bond donors (Lipinski definition) is 1. The van der Waals surface area contributed by atoms with Crippen LogP contribution < -0.4 is 24.3 Å². The second-order valence-corrected chi connectivity index (χ2v) is 5.15. The topological polar surface area (TPSA) is 49.0 Å². The lowest BCUT2D eigenvalue weighted by Gasteiger charge is -2.23. The third kappa shape index (κ3) is 4.17. The van der Waals surface area contributed by atoms with Gasteiger partial charge < -0.3 is 24.3 Å². The van der Waals surface area contributed by atoms with Crippen LogP contribution in [0.1, 0.15) is 25.7 Å². The molecule has 0 saturated carbocycles. The lowest BCUT2D eigenvalue weighted by Crippen LogP contribution is -2.35. The summed E-state index contributed by atoms with van der Waals surface area (Å²) in [4.78, 5) is 0. The number of methoxy groups -OCH3 is 3. The minimum absolute atomic E-state index is 0.570. The summed E-state index contributed by atoms with van der Waals surface area (Å²) in [5.41, 5.74) is 0. The second-order valence-electron chi connectivity index (χ2n) is 5.15. The Labute approximate surface area is 126 Å². The van der Waals surface area contributed by atoms with Gasteiger partial charge in [0.2, 0.25) is 5.75 Å². The van der Waals surface area contributed by atoms with Gasteiger partial charge in [0.25, 0.3) is 0 Å². The first-order valence-corrected chi connectivity index (χ1v) is 7.44. The van der Waals surface area contributed by atoms with E-state index in [0.717, 1.165) is 18.7 Å². The van der Waals surface area contributed by atoms with Crippen LogP contribution in [0, 0.1) is 0 Å². The summed E-state index contributed by atoms with van der Waals surface area (Å²) < 4.78 is 21.8. The maximum atomic E-state index is 5.84. The smallest absolute Gasteiger partial charge is 0.203 e. The van der Waals surface area contributed by atoms with E-state index >= 15 is 0 Å². The molecule has 1 heterocycles. The van der Waals surface area contributed by atoms with E-state index in [1.165, 1.54) is 19.3 Å². The molecular formula is C16H25NO4. The van der Waals surface area contributed by atoms with Gasteiger partial charge in [-0.25, -0.2) is 0 Å². The maximum Gasteiger partial charge on any atom is 0.203 e. The molecule has 1 fully saturated rings. The van der Waals surface area contributed by atoms with Crippen molar-refractivity contribution >= 4 is 0 Å². The minimum atomic E-state index is 0.570. The van der Waals surface area contributed by atoms with Gasteiger partial charge in [-0.2, -0.15) is 0 Å². The van der Waals surface area contributed by atoms with Crippen LogP contribution in [0.4, 0.5) is 0 Å². The highest BCUT2D eigenvalue weighted by Crippen LogP contribution is 2.40. The largest absolute Gasteiger partial charge is 0.493 e. The molecule has 1 aliphatic heterocycles. The van der Waals surface area contributed by atoms with Gasteiger partial charge in [0.05, 0.1) is 27.9 Å². The fraction of sp³-hybridized carbons (Fsp3) is 0.625. The van der Waals surface area contributed by atoms with E-state index in [4.69, 9.17) is 18.9 Å². The van der Waals surface area contributed by atoms with Crippen molar-refractivity contribution in [2.24, 2.45) is 0 Å². The monoisotopic (exact) mass is 295 g/mol. The van der Waals surface area contributed by atoms with Gasteiger partial charge in [-0.15, -0.1) is 0 Å². The molecule has 0 spiro atoms. The Kier molecular flexibility index (Phi) is 5.99. The number of rotatable bonds is 7. The predicted octanol–water partition coefficient (Wildman–Crippen LogP) is 2.62. The predicted molar refractivity (Wildman–Crippen MR) is 81.9 cm³/mol. The molecule has 0 radical (unpaired) electrons. The third-order valence-corrected chi connectivity index (χ3v) is 3.79. The number of hydrogen-bond acceptors (Lipinski definition) is 5. The Morgan fingerprint density at radius 1 is 1.05 bits per heavy atom. The Bertz CT molecular complexity index is 419. The Balaban J connectivity index is 1.95. The van der Waals surface area contributed by atoms with Gasteiger partial charge in [-0.1, -0.05) is 6.42 Å². The molecule has 5 heteroatoms.